The summed E-state index contributed by atoms with van der Waals surface area (Å²) in [5, 5.41) is 5.29. The Morgan fingerprint density at radius 1 is 1.36 bits per heavy atom. The van der Waals surface area contributed by atoms with Crippen LogP contribution in [0.25, 0.3) is 0 Å². The van der Waals surface area contributed by atoms with Gasteiger partial charge < -0.3 is 0 Å². The molecule has 0 aliphatic rings. The van der Waals surface area contributed by atoms with Gasteiger partial charge in [0.15, 0.2) is 0 Å². The molecular weight excluding hydrogens is 207 g/mol. The first-order chi connectivity index (χ1) is 6.38. The Labute approximate surface area is 81.3 Å². The highest BCUT2D eigenvalue weighted by Gasteiger charge is 2.09. The molecule has 1 aromatic carbocycles. The molecule has 14 heavy (non-hydrogen) atoms. The van der Waals surface area contributed by atoms with Crippen LogP contribution in [0.15, 0.2) is 24.3 Å². The minimum absolute atomic E-state index is 0.139. The van der Waals surface area contributed by atoms with Crippen molar-refractivity contribution in [3.05, 3.63) is 35.4 Å². The highest BCUT2D eigenvalue weighted by atomic mass is 32.3. The van der Waals surface area contributed by atoms with Crippen molar-refractivity contribution in [3.63, 3.8) is 0 Å². The summed E-state index contributed by atoms with van der Waals surface area (Å²) < 4.78 is 32.8. The second kappa shape index (κ2) is 3.75. The lowest BCUT2D eigenvalue weighted by Crippen LogP contribution is -2.46. The number of nitrogens with two attached hydrogens (primary N) is 2. The Bertz CT molecular complexity index is 439. The molecule has 0 fully saturated rings. The van der Waals surface area contributed by atoms with E-state index in [0.29, 0.717) is 11.1 Å². The number of hydrogen-bond donors (Lipinski definition) is 2. The Morgan fingerprint density at radius 2 is 1.86 bits per heavy atom. The molecule has 0 aromatic heterocycles. The van der Waals surface area contributed by atoms with Gasteiger partial charge in [-0.3, -0.25) is 11.1 Å². The molecule has 0 radical (unpaired) electrons. The molecule has 0 aliphatic carbocycles. The molecular formula is C8H10FN2O2S+. The van der Waals surface area contributed by atoms with E-state index in [1.54, 1.807) is 0 Å². The van der Waals surface area contributed by atoms with Crippen LogP contribution in [-0.4, -0.2) is 14.3 Å². The minimum atomic E-state index is -4.48. The van der Waals surface area contributed by atoms with Gasteiger partial charge in [-0.15, -0.1) is 3.89 Å². The van der Waals surface area contributed by atoms with Crippen molar-refractivity contribution in [2.45, 2.75) is 5.75 Å². The second-order valence-electron chi connectivity index (χ2n) is 2.84. The third-order valence-corrected chi connectivity index (χ3v) is 2.30. The first kappa shape index (κ1) is 10.6. The minimum Gasteiger partial charge on any atom is -0.287 e. The molecule has 6 heteroatoms. The Kier molecular flexibility index (Phi) is 2.85. The summed E-state index contributed by atoms with van der Waals surface area (Å²) in [6.07, 6.45) is 0. The van der Waals surface area contributed by atoms with E-state index in [2.05, 4.69) is 0 Å². The van der Waals surface area contributed by atoms with Gasteiger partial charge >= 0.3 is 10.2 Å². The maximum Gasteiger partial charge on any atom is 0.306 e. The van der Waals surface area contributed by atoms with Crippen molar-refractivity contribution in [1.29, 1.82) is 0 Å². The largest absolute Gasteiger partial charge is 0.306 e. The van der Waals surface area contributed by atoms with Crippen LogP contribution in [0.3, 0.4) is 0 Å². The van der Waals surface area contributed by atoms with Gasteiger partial charge in [0.25, 0.3) is 5.84 Å². The summed E-state index contributed by atoms with van der Waals surface area (Å²) in [4.78, 5) is 0. The molecule has 4 N–H and O–H groups in total. The van der Waals surface area contributed by atoms with Crippen molar-refractivity contribution in [1.82, 2.24) is 0 Å². The fourth-order valence-corrected chi connectivity index (χ4v) is 1.58. The zero-order chi connectivity index (χ0) is 10.8. The van der Waals surface area contributed by atoms with Gasteiger partial charge in [-0.2, -0.15) is 8.42 Å². The summed E-state index contributed by atoms with van der Waals surface area (Å²) in [6.45, 7) is 0. The predicted octanol–water partition coefficient (Wildman–Crippen LogP) is -1.05. The Morgan fingerprint density at radius 3 is 2.21 bits per heavy atom. The summed E-state index contributed by atoms with van der Waals surface area (Å²) >= 11 is 0. The smallest absolute Gasteiger partial charge is 0.287 e. The normalized spacial score (nSPS) is 11.2. The number of hydrogen-bond acceptors (Lipinski definition) is 2. The van der Waals surface area contributed by atoms with E-state index < -0.39 is 16.0 Å². The average molecular weight is 217 g/mol. The van der Waals surface area contributed by atoms with Gasteiger partial charge in [0.1, 0.15) is 5.75 Å². The zero-order valence-electron chi connectivity index (χ0n) is 7.27. The van der Waals surface area contributed by atoms with E-state index in [4.69, 9.17) is 11.1 Å². The molecule has 0 saturated carbocycles. The summed E-state index contributed by atoms with van der Waals surface area (Å²) in [6, 6.07) is 6.00. The van der Waals surface area contributed by atoms with E-state index in [1.165, 1.54) is 24.3 Å². The van der Waals surface area contributed by atoms with E-state index in [-0.39, 0.29) is 5.84 Å². The summed E-state index contributed by atoms with van der Waals surface area (Å²) in [5.74, 6) is -0.489. The van der Waals surface area contributed by atoms with E-state index in [9.17, 15) is 12.3 Å². The standard InChI is InChI=1S/C8H9FN2O2S/c9-14(12,13)5-6-1-3-7(4-2-6)8(10)11/h1-4H,5H2,(H3,10,11)/p+1. The lowest BCUT2D eigenvalue weighted by molar-refractivity contribution is -0.114. The molecule has 0 spiro atoms. The van der Waals surface area contributed by atoms with Crippen molar-refractivity contribution in [2.24, 2.45) is 5.73 Å². The second-order valence-corrected chi connectivity index (χ2v) is 4.20. The Hall–Kier alpha value is -1.43. The third-order valence-electron chi connectivity index (χ3n) is 1.63. The molecule has 1 aromatic rings. The lowest BCUT2D eigenvalue weighted by Gasteiger charge is -1.97. The molecule has 76 valence electrons. The number of amidine groups is 1. The monoisotopic (exact) mass is 217 g/mol. The molecule has 0 amide bonds. The van der Waals surface area contributed by atoms with Crippen molar-refractivity contribution >= 4 is 16.1 Å². The quantitative estimate of drug-likeness (QED) is 0.385. The van der Waals surface area contributed by atoms with Crippen molar-refractivity contribution < 1.29 is 17.7 Å². The summed E-state index contributed by atoms with van der Waals surface area (Å²) in [5.41, 5.74) is 6.24. The van der Waals surface area contributed by atoms with Gasteiger partial charge in [-0.1, -0.05) is 12.1 Å². The number of rotatable bonds is 3. The maximum absolute atomic E-state index is 12.3. The maximum atomic E-state index is 12.3. The van der Waals surface area contributed by atoms with Crippen molar-refractivity contribution in [2.75, 3.05) is 0 Å². The van der Waals surface area contributed by atoms with E-state index >= 15 is 0 Å². The van der Waals surface area contributed by atoms with Gasteiger partial charge in [0.2, 0.25) is 0 Å². The van der Waals surface area contributed by atoms with Crippen LogP contribution in [0, 0.1) is 0 Å². The van der Waals surface area contributed by atoms with Gasteiger partial charge in [0, 0.05) is 0 Å². The van der Waals surface area contributed by atoms with Crippen LogP contribution >= 0.6 is 0 Å². The highest BCUT2D eigenvalue weighted by molar-refractivity contribution is 7.85. The SMILES string of the molecule is NC(=[NH2+])c1ccc(CS(=O)(=O)F)cc1. The van der Waals surface area contributed by atoms with Gasteiger partial charge in [0.05, 0.1) is 5.56 Å². The first-order valence-electron chi connectivity index (χ1n) is 3.78. The third kappa shape index (κ3) is 3.14. The summed E-state index contributed by atoms with van der Waals surface area (Å²) in [7, 11) is -4.48. The molecule has 0 heterocycles. The predicted molar refractivity (Wildman–Crippen MR) is 50.4 cm³/mol. The van der Waals surface area contributed by atoms with Crippen LogP contribution in [0.2, 0.25) is 0 Å². The van der Waals surface area contributed by atoms with Crippen LogP contribution in [0.4, 0.5) is 3.89 Å². The molecule has 0 aliphatic heterocycles. The molecule has 0 saturated heterocycles. The van der Waals surface area contributed by atoms with Gasteiger partial charge in [-0.05, 0) is 17.7 Å². The highest BCUT2D eigenvalue weighted by Crippen LogP contribution is 2.08. The van der Waals surface area contributed by atoms with Crippen LogP contribution in [-0.2, 0) is 16.0 Å². The van der Waals surface area contributed by atoms with E-state index in [1.807, 2.05) is 0 Å². The van der Waals surface area contributed by atoms with Crippen LogP contribution in [0.5, 0.6) is 0 Å². The van der Waals surface area contributed by atoms with Crippen LogP contribution in [0.1, 0.15) is 11.1 Å². The Balaban J connectivity index is 2.90. The van der Waals surface area contributed by atoms with Crippen molar-refractivity contribution in [3.8, 4) is 0 Å². The average Bonchev–Trinajstić information content (AvgIpc) is 2.02. The fourth-order valence-electron chi connectivity index (χ4n) is 0.992. The number of halogens is 1. The van der Waals surface area contributed by atoms with Crippen LogP contribution < -0.4 is 11.1 Å². The first-order valence-corrected chi connectivity index (χ1v) is 5.33. The topological polar surface area (TPSA) is 85.8 Å². The molecule has 1 rings (SSSR count). The molecule has 0 atom stereocenters. The molecule has 0 bridgehead atoms. The van der Waals surface area contributed by atoms with E-state index in [0.717, 1.165) is 0 Å². The zero-order valence-corrected chi connectivity index (χ0v) is 8.09. The molecule has 4 nitrogen and oxygen atoms in total. The lowest BCUT2D eigenvalue weighted by atomic mass is 10.1. The molecule has 0 unspecified atom stereocenters. The fraction of sp³-hybridized carbons (Fsp3) is 0.125. The number of benzene rings is 1. The van der Waals surface area contributed by atoms with Gasteiger partial charge in [-0.25, -0.2) is 0 Å².